The number of morpholine rings is 1. The summed E-state index contributed by atoms with van der Waals surface area (Å²) in [5.41, 5.74) is 2.82. The van der Waals surface area contributed by atoms with Crippen LogP contribution in [0.1, 0.15) is 37.6 Å². The second-order valence-electron chi connectivity index (χ2n) is 8.72. The van der Waals surface area contributed by atoms with E-state index < -0.39 is 0 Å². The summed E-state index contributed by atoms with van der Waals surface area (Å²) < 4.78 is 18.2. The van der Waals surface area contributed by atoms with Crippen LogP contribution in [-0.2, 0) is 4.74 Å². The predicted molar refractivity (Wildman–Crippen MR) is 157 cm³/mol. The number of amides is 1. The molecule has 11 heteroatoms. The van der Waals surface area contributed by atoms with E-state index in [9.17, 15) is 4.79 Å². The summed E-state index contributed by atoms with van der Waals surface area (Å²) in [7, 11) is 0. The van der Waals surface area contributed by atoms with Gasteiger partial charge in [0.15, 0.2) is 0 Å². The molecule has 0 atom stereocenters. The number of nitrogens with one attached hydrogen (secondary N) is 3. The Labute approximate surface area is 237 Å². The topological polar surface area (TPSA) is 110 Å². The van der Waals surface area contributed by atoms with Crippen molar-refractivity contribution in [2.75, 3.05) is 61.6 Å². The number of para-hydroxylation sites is 1. The number of benzene rings is 2. The highest BCUT2D eigenvalue weighted by molar-refractivity contribution is 9.10. The number of hydrogen-bond donors (Lipinski definition) is 3. The third kappa shape index (κ3) is 7.30. The van der Waals surface area contributed by atoms with Gasteiger partial charge in [0.1, 0.15) is 17.3 Å². The molecule has 39 heavy (non-hydrogen) atoms. The molecular weight excluding hydrogens is 564 g/mol. The highest BCUT2D eigenvalue weighted by atomic mass is 79.9. The van der Waals surface area contributed by atoms with Crippen LogP contribution in [0.15, 0.2) is 47.1 Å². The summed E-state index contributed by atoms with van der Waals surface area (Å²) in [6.45, 7) is 10.4. The monoisotopic (exact) mass is 598 g/mol. The molecule has 3 aromatic rings. The van der Waals surface area contributed by atoms with Crippen molar-refractivity contribution >= 4 is 50.7 Å². The fourth-order valence-electron chi connectivity index (χ4n) is 4.13. The van der Waals surface area contributed by atoms with Crippen molar-refractivity contribution in [2.45, 2.75) is 27.2 Å². The Morgan fingerprint density at radius 2 is 1.77 bits per heavy atom. The lowest BCUT2D eigenvalue weighted by Crippen LogP contribution is -2.36. The summed E-state index contributed by atoms with van der Waals surface area (Å²) in [4.78, 5) is 24.1. The Hall–Kier alpha value is -3.57. The third-order valence-electron chi connectivity index (χ3n) is 5.96. The largest absolute Gasteiger partial charge is 0.492 e. The smallest absolute Gasteiger partial charge is 0.253 e. The van der Waals surface area contributed by atoms with Crippen LogP contribution in [0.3, 0.4) is 0 Å². The number of ether oxygens (including phenoxy) is 3. The minimum absolute atomic E-state index is 0.145. The van der Waals surface area contributed by atoms with Gasteiger partial charge in [-0.25, -0.2) is 4.98 Å². The molecule has 0 spiro atoms. The first-order valence-electron chi connectivity index (χ1n) is 13.2. The van der Waals surface area contributed by atoms with E-state index in [1.807, 2.05) is 51.1 Å². The van der Waals surface area contributed by atoms with Crippen molar-refractivity contribution in [3.8, 4) is 11.5 Å². The van der Waals surface area contributed by atoms with E-state index in [2.05, 4.69) is 46.7 Å². The average molecular weight is 600 g/mol. The van der Waals surface area contributed by atoms with Crippen LogP contribution < -0.4 is 30.3 Å². The van der Waals surface area contributed by atoms with Crippen LogP contribution >= 0.6 is 15.9 Å². The number of rotatable bonds is 12. The molecule has 0 saturated carbocycles. The molecule has 1 aliphatic heterocycles. The predicted octanol–water partition coefficient (Wildman–Crippen LogP) is 5.50. The summed E-state index contributed by atoms with van der Waals surface area (Å²) in [6.07, 6.45) is 2.51. The zero-order chi connectivity index (χ0) is 27.6. The van der Waals surface area contributed by atoms with E-state index in [-0.39, 0.29) is 5.91 Å². The molecule has 1 aliphatic rings. The van der Waals surface area contributed by atoms with Gasteiger partial charge in [0.25, 0.3) is 5.91 Å². The Bertz CT molecular complexity index is 1270. The van der Waals surface area contributed by atoms with Crippen LogP contribution in [-0.4, -0.2) is 61.9 Å². The van der Waals surface area contributed by atoms with E-state index in [0.29, 0.717) is 71.9 Å². The van der Waals surface area contributed by atoms with Gasteiger partial charge in [-0.3, -0.25) is 4.79 Å². The maximum Gasteiger partial charge on any atom is 0.253 e. The molecule has 1 amide bonds. The maximum absolute atomic E-state index is 12.7. The number of carbonyl (C=O) groups excluding carboxylic acids is 1. The van der Waals surface area contributed by atoms with E-state index in [0.717, 1.165) is 30.9 Å². The van der Waals surface area contributed by atoms with Gasteiger partial charge in [-0.1, -0.05) is 19.1 Å². The minimum Gasteiger partial charge on any atom is -0.492 e. The highest BCUT2D eigenvalue weighted by Crippen LogP contribution is 2.40. The van der Waals surface area contributed by atoms with Crippen molar-refractivity contribution in [1.29, 1.82) is 0 Å². The van der Waals surface area contributed by atoms with Gasteiger partial charge < -0.3 is 35.1 Å². The molecule has 2 heterocycles. The molecule has 10 nitrogen and oxygen atoms in total. The van der Waals surface area contributed by atoms with Crippen molar-refractivity contribution < 1.29 is 19.0 Å². The van der Waals surface area contributed by atoms with Crippen molar-refractivity contribution in [3.05, 3.63) is 52.6 Å². The summed E-state index contributed by atoms with van der Waals surface area (Å²) in [6, 6.07) is 11.2. The molecule has 4 rings (SSSR count). The normalized spacial score (nSPS) is 13.1. The van der Waals surface area contributed by atoms with E-state index in [1.54, 1.807) is 12.3 Å². The van der Waals surface area contributed by atoms with Crippen LogP contribution in [0.2, 0.25) is 0 Å². The summed E-state index contributed by atoms with van der Waals surface area (Å²) >= 11 is 3.53. The number of anilines is 5. The van der Waals surface area contributed by atoms with Gasteiger partial charge in [0.2, 0.25) is 5.95 Å². The van der Waals surface area contributed by atoms with Gasteiger partial charge in [-0.2, -0.15) is 4.98 Å². The van der Waals surface area contributed by atoms with Crippen molar-refractivity contribution in [3.63, 3.8) is 0 Å². The van der Waals surface area contributed by atoms with Gasteiger partial charge in [-0.15, -0.1) is 0 Å². The zero-order valence-electron chi connectivity index (χ0n) is 22.6. The minimum atomic E-state index is -0.145. The first-order valence-corrected chi connectivity index (χ1v) is 14.0. The molecule has 0 aliphatic carbocycles. The van der Waals surface area contributed by atoms with Crippen molar-refractivity contribution in [2.24, 2.45) is 0 Å². The number of carbonyl (C=O) groups is 1. The molecule has 0 unspecified atom stereocenters. The second kappa shape index (κ2) is 14.0. The van der Waals surface area contributed by atoms with Gasteiger partial charge in [0, 0.05) is 38.0 Å². The lowest BCUT2D eigenvalue weighted by atomic mass is 10.1. The highest BCUT2D eigenvalue weighted by Gasteiger charge is 2.20. The number of halogens is 1. The first-order chi connectivity index (χ1) is 19.0. The number of aromatic nitrogens is 2. The molecular formula is C28H35BrN6O4. The molecule has 208 valence electrons. The standard InChI is InChI=1S/C28H35BrN6O4/c1-4-11-30-27(36)19-9-7-8-10-21(19)32-26-20(29)18-31-28(34-26)33-22-16-25(39-6-3)23(17-24(22)38-5-2)35-12-14-37-15-13-35/h7-10,16-18H,4-6,11-15H2,1-3H3,(H,30,36)(H2,31,32,33,34). The number of hydrogen-bond acceptors (Lipinski definition) is 9. The quantitative estimate of drug-likeness (QED) is 0.249. The maximum atomic E-state index is 12.7. The Balaban J connectivity index is 1.63. The van der Waals surface area contributed by atoms with E-state index in [1.165, 1.54) is 0 Å². The van der Waals surface area contributed by atoms with E-state index in [4.69, 9.17) is 14.2 Å². The lowest BCUT2D eigenvalue weighted by Gasteiger charge is -2.31. The fourth-order valence-corrected chi connectivity index (χ4v) is 4.42. The van der Waals surface area contributed by atoms with E-state index >= 15 is 0 Å². The molecule has 1 saturated heterocycles. The third-order valence-corrected chi connectivity index (χ3v) is 6.54. The summed E-state index contributed by atoms with van der Waals surface area (Å²) in [5, 5.41) is 9.49. The van der Waals surface area contributed by atoms with Crippen LogP contribution in [0.5, 0.6) is 11.5 Å². The van der Waals surface area contributed by atoms with Crippen LogP contribution in [0.25, 0.3) is 0 Å². The second-order valence-corrected chi connectivity index (χ2v) is 9.58. The molecule has 1 aromatic heterocycles. The van der Waals surface area contributed by atoms with Crippen LogP contribution in [0, 0.1) is 0 Å². The van der Waals surface area contributed by atoms with Crippen LogP contribution in [0.4, 0.5) is 28.8 Å². The Morgan fingerprint density at radius 1 is 1.03 bits per heavy atom. The van der Waals surface area contributed by atoms with Gasteiger partial charge in [0.05, 0.1) is 53.5 Å². The Morgan fingerprint density at radius 3 is 2.51 bits per heavy atom. The molecule has 3 N–H and O–H groups in total. The molecule has 1 fully saturated rings. The van der Waals surface area contributed by atoms with Crippen molar-refractivity contribution in [1.82, 2.24) is 15.3 Å². The lowest BCUT2D eigenvalue weighted by molar-refractivity contribution is 0.0954. The average Bonchev–Trinajstić information content (AvgIpc) is 2.95. The van der Waals surface area contributed by atoms with Gasteiger partial charge >= 0.3 is 0 Å². The molecule has 0 radical (unpaired) electrons. The zero-order valence-corrected chi connectivity index (χ0v) is 24.1. The SMILES string of the molecule is CCCNC(=O)c1ccccc1Nc1nc(Nc2cc(OCC)c(N3CCOCC3)cc2OCC)ncc1Br. The fraction of sp³-hybridized carbons (Fsp3) is 0.393. The summed E-state index contributed by atoms with van der Waals surface area (Å²) in [5.74, 6) is 2.13. The first kappa shape index (κ1) is 28.4. The Kier molecular flexibility index (Phi) is 10.2. The van der Waals surface area contributed by atoms with Gasteiger partial charge in [-0.05, 0) is 48.3 Å². The number of nitrogens with zero attached hydrogens (tertiary/aromatic N) is 3. The molecule has 0 bridgehead atoms. The molecule has 2 aromatic carbocycles.